The van der Waals surface area contributed by atoms with Crippen molar-refractivity contribution in [3.8, 4) is 0 Å². The lowest BCUT2D eigenvalue weighted by Gasteiger charge is -2.12. The van der Waals surface area contributed by atoms with Crippen molar-refractivity contribution in [2.75, 3.05) is 6.54 Å². The van der Waals surface area contributed by atoms with E-state index in [2.05, 4.69) is 9.88 Å². The number of hydrogen-bond acceptors (Lipinski definition) is 3. The Morgan fingerprint density at radius 3 is 2.79 bits per heavy atom. The molecule has 5 nitrogen and oxygen atoms in total. The van der Waals surface area contributed by atoms with E-state index in [0.717, 1.165) is 22.4 Å². The van der Waals surface area contributed by atoms with Gasteiger partial charge in [-0.2, -0.15) is 0 Å². The number of aliphatic hydroxyl groups is 1. The van der Waals surface area contributed by atoms with Crippen LogP contribution in [0.4, 0.5) is 0 Å². The minimum atomic E-state index is -0.473. The standard InChI is InChI=1S/C21H23Cl2N3O2/c1-14(27)6-9-21(28)24-11-10-20-25-18-4-2-3-5-19(18)26(20)13-15-7-8-16(22)12-17(15)23/h2-5,7-8,12,14,27H,6,9-11,13H2,1H3,(H,24,28). The molecule has 7 heteroatoms. The summed E-state index contributed by atoms with van der Waals surface area (Å²) in [7, 11) is 0. The molecule has 1 atom stereocenters. The third kappa shape index (κ3) is 5.25. The molecule has 1 amide bonds. The molecule has 0 aliphatic heterocycles. The first kappa shape index (κ1) is 20.6. The minimum absolute atomic E-state index is 0.0655. The van der Waals surface area contributed by atoms with Crippen LogP contribution in [0, 0.1) is 0 Å². The average Bonchev–Trinajstić information content (AvgIpc) is 3.00. The molecule has 2 N–H and O–H groups in total. The highest BCUT2D eigenvalue weighted by Crippen LogP contribution is 2.24. The van der Waals surface area contributed by atoms with Crippen LogP contribution in [-0.2, 0) is 17.8 Å². The number of hydrogen-bond donors (Lipinski definition) is 2. The Labute approximate surface area is 174 Å². The Bertz CT molecular complexity index is 969. The van der Waals surface area contributed by atoms with Crippen LogP contribution in [0.25, 0.3) is 11.0 Å². The van der Waals surface area contributed by atoms with Gasteiger partial charge in [0.1, 0.15) is 5.82 Å². The van der Waals surface area contributed by atoms with Crippen LogP contribution in [0.3, 0.4) is 0 Å². The summed E-state index contributed by atoms with van der Waals surface area (Å²) < 4.78 is 2.12. The molecule has 2 aromatic carbocycles. The lowest BCUT2D eigenvalue weighted by atomic mass is 10.2. The number of fused-ring (bicyclic) bond motifs is 1. The van der Waals surface area contributed by atoms with E-state index in [9.17, 15) is 9.90 Å². The molecular weight excluding hydrogens is 397 g/mol. The Hall–Kier alpha value is -2.08. The second-order valence-electron chi connectivity index (χ2n) is 6.83. The van der Waals surface area contributed by atoms with Crippen molar-refractivity contribution < 1.29 is 9.90 Å². The second-order valence-corrected chi connectivity index (χ2v) is 7.67. The number of nitrogens with one attached hydrogen (secondary N) is 1. The summed E-state index contributed by atoms with van der Waals surface area (Å²) in [5.41, 5.74) is 2.88. The molecule has 1 unspecified atom stereocenters. The van der Waals surface area contributed by atoms with Crippen molar-refractivity contribution in [3.05, 3.63) is 63.9 Å². The van der Waals surface area contributed by atoms with Gasteiger partial charge in [-0.3, -0.25) is 4.79 Å². The number of amides is 1. The Morgan fingerprint density at radius 1 is 1.25 bits per heavy atom. The largest absolute Gasteiger partial charge is 0.393 e. The number of para-hydroxylation sites is 2. The first-order valence-electron chi connectivity index (χ1n) is 9.27. The molecule has 0 saturated carbocycles. The normalized spacial score (nSPS) is 12.3. The third-order valence-corrected chi connectivity index (χ3v) is 5.12. The summed E-state index contributed by atoms with van der Waals surface area (Å²) in [5.74, 6) is 0.812. The smallest absolute Gasteiger partial charge is 0.220 e. The summed E-state index contributed by atoms with van der Waals surface area (Å²) in [6, 6.07) is 13.4. The Balaban J connectivity index is 1.76. The maximum absolute atomic E-state index is 11.9. The van der Waals surface area contributed by atoms with Crippen LogP contribution in [0.15, 0.2) is 42.5 Å². The van der Waals surface area contributed by atoms with Gasteiger partial charge < -0.3 is 15.0 Å². The highest BCUT2D eigenvalue weighted by molar-refractivity contribution is 6.35. The van der Waals surface area contributed by atoms with E-state index in [1.54, 1.807) is 13.0 Å². The maximum Gasteiger partial charge on any atom is 0.220 e. The van der Waals surface area contributed by atoms with Gasteiger partial charge in [-0.25, -0.2) is 4.98 Å². The molecule has 0 spiro atoms. The van der Waals surface area contributed by atoms with Gasteiger partial charge in [-0.1, -0.05) is 41.4 Å². The van der Waals surface area contributed by atoms with Gasteiger partial charge >= 0.3 is 0 Å². The number of carbonyl (C=O) groups excluding carboxylic acids is 1. The van der Waals surface area contributed by atoms with Crippen LogP contribution in [-0.4, -0.2) is 33.2 Å². The minimum Gasteiger partial charge on any atom is -0.393 e. The molecule has 148 valence electrons. The summed E-state index contributed by atoms with van der Waals surface area (Å²) in [5, 5.41) is 13.4. The van der Waals surface area contributed by atoms with Crippen molar-refractivity contribution in [1.82, 2.24) is 14.9 Å². The summed E-state index contributed by atoms with van der Waals surface area (Å²) >= 11 is 12.4. The lowest BCUT2D eigenvalue weighted by Crippen LogP contribution is -2.27. The van der Waals surface area contributed by atoms with Gasteiger partial charge in [0, 0.05) is 29.4 Å². The molecule has 0 radical (unpaired) electrons. The zero-order valence-electron chi connectivity index (χ0n) is 15.7. The van der Waals surface area contributed by atoms with Gasteiger partial charge in [0.15, 0.2) is 0 Å². The molecule has 28 heavy (non-hydrogen) atoms. The van der Waals surface area contributed by atoms with Gasteiger partial charge in [0.05, 0.1) is 23.7 Å². The van der Waals surface area contributed by atoms with Crippen LogP contribution < -0.4 is 5.32 Å². The van der Waals surface area contributed by atoms with E-state index in [-0.39, 0.29) is 5.91 Å². The predicted octanol–water partition coefficient (Wildman–Crippen LogP) is 4.21. The zero-order chi connectivity index (χ0) is 20.1. The van der Waals surface area contributed by atoms with Gasteiger partial charge in [-0.15, -0.1) is 0 Å². The number of imidazole rings is 1. The molecule has 1 aromatic heterocycles. The monoisotopic (exact) mass is 419 g/mol. The Kier molecular flexibility index (Phi) is 6.94. The lowest BCUT2D eigenvalue weighted by molar-refractivity contribution is -0.121. The van der Waals surface area contributed by atoms with E-state index < -0.39 is 6.10 Å². The van der Waals surface area contributed by atoms with Gasteiger partial charge in [0.25, 0.3) is 0 Å². The number of rotatable bonds is 8. The van der Waals surface area contributed by atoms with E-state index >= 15 is 0 Å². The number of carbonyl (C=O) groups is 1. The van der Waals surface area contributed by atoms with E-state index in [4.69, 9.17) is 28.2 Å². The predicted molar refractivity (Wildman–Crippen MR) is 113 cm³/mol. The maximum atomic E-state index is 11.9. The molecule has 3 rings (SSSR count). The van der Waals surface area contributed by atoms with Crippen LogP contribution in [0.2, 0.25) is 10.0 Å². The van der Waals surface area contributed by atoms with E-state index in [1.807, 2.05) is 36.4 Å². The summed E-state index contributed by atoms with van der Waals surface area (Å²) in [6.45, 7) is 2.73. The number of nitrogens with zero attached hydrogens (tertiary/aromatic N) is 2. The van der Waals surface area contributed by atoms with Crippen molar-refractivity contribution in [2.24, 2.45) is 0 Å². The molecule has 0 aliphatic rings. The van der Waals surface area contributed by atoms with Crippen molar-refractivity contribution in [1.29, 1.82) is 0 Å². The number of halogens is 2. The van der Waals surface area contributed by atoms with E-state index in [0.29, 0.717) is 42.4 Å². The number of aromatic nitrogens is 2. The zero-order valence-corrected chi connectivity index (χ0v) is 17.2. The molecule has 0 fully saturated rings. The fourth-order valence-electron chi connectivity index (χ4n) is 3.06. The molecule has 1 heterocycles. The first-order valence-corrected chi connectivity index (χ1v) is 10.0. The molecule has 0 saturated heterocycles. The molecule has 0 aliphatic carbocycles. The summed E-state index contributed by atoms with van der Waals surface area (Å²) in [6.07, 6.45) is 0.896. The van der Waals surface area contributed by atoms with Crippen LogP contribution in [0.5, 0.6) is 0 Å². The molecular formula is C21H23Cl2N3O2. The molecule has 3 aromatic rings. The van der Waals surface area contributed by atoms with Gasteiger partial charge in [-0.05, 0) is 43.2 Å². The van der Waals surface area contributed by atoms with E-state index in [1.165, 1.54) is 0 Å². The quantitative estimate of drug-likeness (QED) is 0.574. The topological polar surface area (TPSA) is 67.2 Å². The number of benzene rings is 2. The number of aliphatic hydroxyl groups excluding tert-OH is 1. The summed E-state index contributed by atoms with van der Waals surface area (Å²) in [4.78, 5) is 16.6. The third-order valence-electron chi connectivity index (χ3n) is 4.54. The average molecular weight is 420 g/mol. The van der Waals surface area contributed by atoms with Crippen LogP contribution in [0.1, 0.15) is 31.2 Å². The SMILES string of the molecule is CC(O)CCC(=O)NCCc1nc2ccccc2n1Cc1ccc(Cl)cc1Cl. The first-order chi connectivity index (χ1) is 13.4. The Morgan fingerprint density at radius 2 is 2.04 bits per heavy atom. The highest BCUT2D eigenvalue weighted by atomic mass is 35.5. The fourth-order valence-corrected chi connectivity index (χ4v) is 3.52. The highest BCUT2D eigenvalue weighted by Gasteiger charge is 2.13. The fraction of sp³-hybridized carbons (Fsp3) is 0.333. The molecule has 0 bridgehead atoms. The van der Waals surface area contributed by atoms with Crippen molar-refractivity contribution in [3.63, 3.8) is 0 Å². The van der Waals surface area contributed by atoms with Crippen molar-refractivity contribution in [2.45, 2.75) is 38.8 Å². The van der Waals surface area contributed by atoms with Gasteiger partial charge in [0.2, 0.25) is 5.91 Å². The second kappa shape index (κ2) is 9.41. The van der Waals surface area contributed by atoms with Crippen LogP contribution >= 0.6 is 23.2 Å². The van der Waals surface area contributed by atoms with Crippen molar-refractivity contribution >= 4 is 40.1 Å².